The molecule has 1 atom stereocenters. The van der Waals surface area contributed by atoms with Crippen molar-refractivity contribution in [1.82, 2.24) is 10.6 Å². The third kappa shape index (κ3) is 3.76. The monoisotopic (exact) mass is 282 g/mol. The van der Waals surface area contributed by atoms with Crippen LogP contribution in [0.3, 0.4) is 0 Å². The molecule has 1 aliphatic rings. The van der Waals surface area contributed by atoms with Gasteiger partial charge in [0.25, 0.3) is 0 Å². The molecule has 3 nitrogen and oxygen atoms in total. The van der Waals surface area contributed by atoms with E-state index in [0.717, 1.165) is 12.8 Å². The number of nitrogens with one attached hydrogen (secondary N) is 2. The smallest absolute Gasteiger partial charge is 0.234 e. The second kappa shape index (κ2) is 6.79. The van der Waals surface area contributed by atoms with E-state index in [2.05, 4.69) is 10.6 Å². The van der Waals surface area contributed by atoms with Crippen LogP contribution in [-0.4, -0.2) is 18.5 Å². The molecule has 1 amide bonds. The van der Waals surface area contributed by atoms with Gasteiger partial charge < -0.3 is 10.6 Å². The average Bonchev–Trinajstić information content (AvgIpc) is 2.89. The molecule has 0 heterocycles. The SMILES string of the molecule is CC(NC(=O)CNC1CCCC1)c1c(F)cccc1F. The molecule has 0 aromatic heterocycles. The van der Waals surface area contributed by atoms with Gasteiger partial charge in [0.2, 0.25) is 5.91 Å². The minimum absolute atomic E-state index is 0.0956. The highest BCUT2D eigenvalue weighted by Gasteiger charge is 2.19. The maximum absolute atomic E-state index is 13.6. The summed E-state index contributed by atoms with van der Waals surface area (Å²) in [5.74, 6) is -1.52. The van der Waals surface area contributed by atoms with Gasteiger partial charge in [0.15, 0.2) is 0 Å². The van der Waals surface area contributed by atoms with Crippen LogP contribution in [-0.2, 0) is 4.79 Å². The Morgan fingerprint density at radius 2 is 1.90 bits per heavy atom. The van der Waals surface area contributed by atoms with Gasteiger partial charge in [-0.05, 0) is 31.9 Å². The van der Waals surface area contributed by atoms with Crippen molar-refractivity contribution in [2.75, 3.05) is 6.54 Å². The Kier molecular flexibility index (Phi) is 5.06. The lowest BCUT2D eigenvalue weighted by Gasteiger charge is -2.17. The van der Waals surface area contributed by atoms with Crippen molar-refractivity contribution in [2.24, 2.45) is 0 Å². The highest BCUT2D eigenvalue weighted by Crippen LogP contribution is 2.20. The molecule has 20 heavy (non-hydrogen) atoms. The van der Waals surface area contributed by atoms with E-state index in [1.165, 1.54) is 31.0 Å². The largest absolute Gasteiger partial charge is 0.348 e. The minimum Gasteiger partial charge on any atom is -0.348 e. The Bertz CT molecular complexity index is 453. The van der Waals surface area contributed by atoms with Crippen LogP contribution in [0.2, 0.25) is 0 Å². The summed E-state index contributed by atoms with van der Waals surface area (Å²) in [6, 6.07) is 3.40. The van der Waals surface area contributed by atoms with E-state index < -0.39 is 17.7 Å². The Labute approximate surface area is 117 Å². The Morgan fingerprint density at radius 1 is 1.30 bits per heavy atom. The third-order valence-corrected chi connectivity index (χ3v) is 3.72. The first-order valence-electron chi connectivity index (χ1n) is 7.04. The van der Waals surface area contributed by atoms with Crippen LogP contribution >= 0.6 is 0 Å². The standard InChI is InChI=1S/C15H20F2N2O/c1-10(15-12(16)7-4-8-13(15)17)19-14(20)9-18-11-5-2-3-6-11/h4,7-8,10-11,18H,2-3,5-6,9H2,1H3,(H,19,20). The number of halogens is 2. The predicted molar refractivity (Wildman–Crippen MR) is 73.2 cm³/mol. The lowest BCUT2D eigenvalue weighted by molar-refractivity contribution is -0.121. The molecule has 2 rings (SSSR count). The first kappa shape index (κ1) is 14.9. The molecule has 0 aliphatic heterocycles. The number of rotatable bonds is 5. The summed E-state index contributed by atoms with van der Waals surface area (Å²) in [5.41, 5.74) is -0.0956. The highest BCUT2D eigenvalue weighted by atomic mass is 19.1. The summed E-state index contributed by atoms with van der Waals surface area (Å²) in [6.07, 6.45) is 4.56. The van der Waals surface area contributed by atoms with Crippen molar-refractivity contribution in [3.05, 3.63) is 35.4 Å². The van der Waals surface area contributed by atoms with E-state index in [4.69, 9.17) is 0 Å². The van der Waals surface area contributed by atoms with E-state index in [1.807, 2.05) is 0 Å². The number of amides is 1. The van der Waals surface area contributed by atoms with Gasteiger partial charge in [0.05, 0.1) is 12.6 Å². The zero-order valence-electron chi connectivity index (χ0n) is 11.6. The second-order valence-corrected chi connectivity index (χ2v) is 5.29. The molecule has 1 saturated carbocycles. The average molecular weight is 282 g/mol. The first-order valence-corrected chi connectivity index (χ1v) is 7.04. The topological polar surface area (TPSA) is 41.1 Å². The normalized spacial score (nSPS) is 17.1. The maximum atomic E-state index is 13.6. The molecule has 1 aliphatic carbocycles. The van der Waals surface area contributed by atoms with Crippen molar-refractivity contribution in [1.29, 1.82) is 0 Å². The lowest BCUT2D eigenvalue weighted by atomic mass is 10.1. The van der Waals surface area contributed by atoms with Gasteiger partial charge in [0.1, 0.15) is 11.6 Å². The van der Waals surface area contributed by atoms with Crippen LogP contribution in [0.15, 0.2) is 18.2 Å². The van der Waals surface area contributed by atoms with Crippen LogP contribution < -0.4 is 10.6 Å². The molecule has 1 fully saturated rings. The fourth-order valence-corrected chi connectivity index (χ4v) is 2.66. The number of carbonyl (C=O) groups excluding carboxylic acids is 1. The number of benzene rings is 1. The van der Waals surface area contributed by atoms with Gasteiger partial charge in [-0.2, -0.15) is 0 Å². The molecule has 5 heteroatoms. The lowest BCUT2D eigenvalue weighted by Crippen LogP contribution is -2.39. The summed E-state index contributed by atoms with van der Waals surface area (Å²) in [5, 5.41) is 5.79. The number of hydrogen-bond donors (Lipinski definition) is 2. The van der Waals surface area contributed by atoms with Crippen molar-refractivity contribution < 1.29 is 13.6 Å². The Hall–Kier alpha value is -1.49. The molecule has 1 unspecified atom stereocenters. The molecule has 2 N–H and O–H groups in total. The summed E-state index contributed by atoms with van der Waals surface area (Å²) >= 11 is 0. The van der Waals surface area contributed by atoms with Gasteiger partial charge >= 0.3 is 0 Å². The van der Waals surface area contributed by atoms with E-state index >= 15 is 0 Å². The fraction of sp³-hybridized carbons (Fsp3) is 0.533. The van der Waals surface area contributed by atoms with Gasteiger partial charge in [-0.25, -0.2) is 8.78 Å². The molecule has 0 spiro atoms. The van der Waals surface area contributed by atoms with Crippen LogP contribution in [0, 0.1) is 11.6 Å². The Balaban J connectivity index is 1.87. The van der Waals surface area contributed by atoms with Gasteiger partial charge in [-0.3, -0.25) is 4.79 Å². The predicted octanol–water partition coefficient (Wildman–Crippen LogP) is 2.67. The van der Waals surface area contributed by atoms with Gasteiger partial charge in [0, 0.05) is 11.6 Å². The molecule has 0 radical (unpaired) electrons. The van der Waals surface area contributed by atoms with E-state index in [1.54, 1.807) is 6.92 Å². The summed E-state index contributed by atoms with van der Waals surface area (Å²) < 4.78 is 27.2. The zero-order chi connectivity index (χ0) is 14.5. The summed E-state index contributed by atoms with van der Waals surface area (Å²) in [7, 11) is 0. The molecule has 1 aromatic carbocycles. The summed E-state index contributed by atoms with van der Waals surface area (Å²) in [4.78, 5) is 11.8. The molecule has 0 bridgehead atoms. The van der Waals surface area contributed by atoms with Gasteiger partial charge in [-0.15, -0.1) is 0 Å². The first-order chi connectivity index (χ1) is 9.58. The van der Waals surface area contributed by atoms with Crippen LogP contribution in [0.4, 0.5) is 8.78 Å². The van der Waals surface area contributed by atoms with Crippen LogP contribution in [0.25, 0.3) is 0 Å². The fourth-order valence-electron chi connectivity index (χ4n) is 2.66. The molecule has 1 aromatic rings. The maximum Gasteiger partial charge on any atom is 0.234 e. The molecular formula is C15H20F2N2O. The van der Waals surface area contributed by atoms with E-state index in [0.29, 0.717) is 6.04 Å². The molecular weight excluding hydrogens is 262 g/mol. The molecule has 0 saturated heterocycles. The summed E-state index contributed by atoms with van der Waals surface area (Å²) in [6.45, 7) is 1.76. The van der Waals surface area contributed by atoms with Crippen molar-refractivity contribution in [3.8, 4) is 0 Å². The third-order valence-electron chi connectivity index (χ3n) is 3.72. The number of hydrogen-bond acceptors (Lipinski definition) is 2. The second-order valence-electron chi connectivity index (χ2n) is 5.29. The van der Waals surface area contributed by atoms with E-state index in [9.17, 15) is 13.6 Å². The quantitative estimate of drug-likeness (QED) is 0.871. The van der Waals surface area contributed by atoms with E-state index in [-0.39, 0.29) is 18.0 Å². The molecule has 110 valence electrons. The van der Waals surface area contributed by atoms with Crippen LogP contribution in [0.5, 0.6) is 0 Å². The number of carbonyl (C=O) groups is 1. The van der Waals surface area contributed by atoms with Crippen molar-refractivity contribution in [2.45, 2.75) is 44.7 Å². The van der Waals surface area contributed by atoms with Crippen molar-refractivity contribution in [3.63, 3.8) is 0 Å². The van der Waals surface area contributed by atoms with Crippen LogP contribution in [0.1, 0.15) is 44.2 Å². The highest BCUT2D eigenvalue weighted by molar-refractivity contribution is 5.78. The van der Waals surface area contributed by atoms with Gasteiger partial charge in [-0.1, -0.05) is 18.9 Å². The Morgan fingerprint density at radius 3 is 2.50 bits per heavy atom. The minimum atomic E-state index is -0.686. The van der Waals surface area contributed by atoms with Crippen molar-refractivity contribution >= 4 is 5.91 Å². The zero-order valence-corrected chi connectivity index (χ0v) is 11.6.